The van der Waals surface area contributed by atoms with Crippen molar-refractivity contribution in [1.29, 1.82) is 5.26 Å². The van der Waals surface area contributed by atoms with Crippen molar-refractivity contribution in [3.63, 3.8) is 0 Å². The molecule has 0 unspecified atom stereocenters. The van der Waals surface area contributed by atoms with Crippen LogP contribution in [-0.2, 0) is 17.8 Å². The molecule has 1 N–H and O–H groups in total. The maximum atomic E-state index is 12.8. The second kappa shape index (κ2) is 12.7. The molecule has 0 radical (unpaired) electrons. The van der Waals surface area contributed by atoms with Gasteiger partial charge in [0.15, 0.2) is 11.5 Å². The molecule has 0 aliphatic rings. The van der Waals surface area contributed by atoms with Crippen LogP contribution in [0.1, 0.15) is 16.7 Å². The van der Waals surface area contributed by atoms with E-state index in [1.54, 1.807) is 54.6 Å². The zero-order valence-corrected chi connectivity index (χ0v) is 22.1. The monoisotopic (exact) mass is 560 g/mol. The number of halogens is 4. The first kappa shape index (κ1) is 27.4. The van der Waals surface area contributed by atoms with E-state index in [9.17, 15) is 10.1 Å². The number of methoxy groups -OCH3 is 1. The highest BCUT2D eigenvalue weighted by Crippen LogP contribution is 2.36. The summed E-state index contributed by atoms with van der Waals surface area (Å²) >= 11 is 24.4. The van der Waals surface area contributed by atoms with Crippen molar-refractivity contribution >= 4 is 64.1 Å². The molecule has 5 nitrogen and oxygen atoms in total. The number of allylic oxidation sites excluding steroid dienone is 1. The fraction of sp³-hybridized carbons (Fsp3) is 0.111. The number of rotatable bonds is 9. The summed E-state index contributed by atoms with van der Waals surface area (Å²) < 4.78 is 11.6. The number of nitrogens with zero attached hydrogens (tertiary/aromatic N) is 1. The molecule has 9 heteroatoms. The molecule has 0 aromatic heterocycles. The Labute approximate surface area is 229 Å². The van der Waals surface area contributed by atoms with Gasteiger partial charge in [0.25, 0.3) is 5.91 Å². The van der Waals surface area contributed by atoms with Gasteiger partial charge in [0.2, 0.25) is 0 Å². The van der Waals surface area contributed by atoms with Crippen molar-refractivity contribution in [2.24, 2.45) is 0 Å². The zero-order chi connectivity index (χ0) is 26.2. The first-order chi connectivity index (χ1) is 17.3. The van der Waals surface area contributed by atoms with Crippen LogP contribution in [0.25, 0.3) is 6.08 Å². The highest BCUT2D eigenvalue weighted by atomic mass is 35.5. The van der Waals surface area contributed by atoms with Crippen molar-refractivity contribution in [2.45, 2.75) is 13.0 Å². The van der Waals surface area contributed by atoms with E-state index in [-0.39, 0.29) is 22.2 Å². The number of benzene rings is 3. The van der Waals surface area contributed by atoms with Crippen LogP contribution in [-0.4, -0.2) is 13.0 Å². The maximum absolute atomic E-state index is 12.8. The maximum Gasteiger partial charge on any atom is 0.266 e. The molecule has 3 aromatic rings. The van der Waals surface area contributed by atoms with Gasteiger partial charge in [-0.05, 0) is 54.5 Å². The molecular weight excluding hydrogens is 542 g/mol. The van der Waals surface area contributed by atoms with E-state index >= 15 is 0 Å². The van der Waals surface area contributed by atoms with E-state index in [1.807, 2.05) is 6.07 Å². The lowest BCUT2D eigenvalue weighted by atomic mass is 10.0. The van der Waals surface area contributed by atoms with Gasteiger partial charge < -0.3 is 14.8 Å². The molecule has 3 aromatic carbocycles. The Kier molecular flexibility index (Phi) is 9.69. The van der Waals surface area contributed by atoms with Gasteiger partial charge in [0.1, 0.15) is 18.2 Å². The summed E-state index contributed by atoms with van der Waals surface area (Å²) in [6.45, 7) is 3.98. The predicted octanol–water partition coefficient (Wildman–Crippen LogP) is 8.16. The fourth-order valence-corrected chi connectivity index (χ4v) is 4.09. The van der Waals surface area contributed by atoms with Crippen LogP contribution in [0.4, 0.5) is 5.69 Å². The Morgan fingerprint density at radius 1 is 1.08 bits per heavy atom. The van der Waals surface area contributed by atoms with Gasteiger partial charge in [-0.15, -0.1) is 6.58 Å². The predicted molar refractivity (Wildman–Crippen MR) is 146 cm³/mol. The quantitative estimate of drug-likeness (QED) is 0.162. The van der Waals surface area contributed by atoms with E-state index in [0.29, 0.717) is 39.2 Å². The summed E-state index contributed by atoms with van der Waals surface area (Å²) in [6, 6.07) is 15.4. The molecule has 0 aliphatic carbocycles. The van der Waals surface area contributed by atoms with Crippen LogP contribution in [0.2, 0.25) is 20.1 Å². The third kappa shape index (κ3) is 6.75. The molecule has 1 amide bonds. The van der Waals surface area contributed by atoms with E-state index in [2.05, 4.69) is 11.9 Å². The summed E-state index contributed by atoms with van der Waals surface area (Å²) in [6.07, 6.45) is 3.61. The van der Waals surface area contributed by atoms with E-state index in [4.69, 9.17) is 55.9 Å². The third-order valence-electron chi connectivity index (χ3n) is 5.00. The molecule has 0 saturated carbocycles. The number of ether oxygens (including phenoxy) is 2. The smallest absolute Gasteiger partial charge is 0.266 e. The Morgan fingerprint density at radius 2 is 1.86 bits per heavy atom. The number of hydrogen-bond donors (Lipinski definition) is 1. The van der Waals surface area contributed by atoms with Crippen molar-refractivity contribution in [3.05, 3.63) is 104 Å². The number of amides is 1. The normalized spacial score (nSPS) is 10.9. The van der Waals surface area contributed by atoms with Crippen molar-refractivity contribution < 1.29 is 14.3 Å². The minimum atomic E-state index is -0.636. The Morgan fingerprint density at radius 3 is 2.53 bits per heavy atom. The molecule has 0 saturated heterocycles. The highest BCUT2D eigenvalue weighted by molar-refractivity contribution is 6.44. The SMILES string of the molecule is C=CCc1cc(/C=C(/C#N)C(=O)Nc2cccc(Cl)c2Cl)cc(OC)c1OCc1ccc(Cl)cc1Cl. The van der Waals surface area contributed by atoms with E-state index < -0.39 is 5.91 Å². The van der Waals surface area contributed by atoms with Gasteiger partial charge in [-0.3, -0.25) is 4.79 Å². The second-order valence-electron chi connectivity index (χ2n) is 7.45. The van der Waals surface area contributed by atoms with Gasteiger partial charge in [-0.2, -0.15) is 5.26 Å². The van der Waals surface area contributed by atoms with Crippen molar-refractivity contribution in [1.82, 2.24) is 0 Å². The number of carbonyl (C=O) groups is 1. The molecule has 0 spiro atoms. The molecule has 0 aliphatic heterocycles. The molecule has 3 rings (SSSR count). The summed E-state index contributed by atoms with van der Waals surface area (Å²) in [7, 11) is 1.50. The lowest BCUT2D eigenvalue weighted by Gasteiger charge is -2.16. The van der Waals surface area contributed by atoms with Crippen LogP contribution in [0.5, 0.6) is 11.5 Å². The molecule has 0 heterocycles. The number of hydrogen-bond acceptors (Lipinski definition) is 4. The molecular formula is C27H20Cl4N2O3. The molecule has 36 heavy (non-hydrogen) atoms. The third-order valence-corrected chi connectivity index (χ3v) is 6.41. The van der Waals surface area contributed by atoms with Crippen LogP contribution >= 0.6 is 46.4 Å². The fourth-order valence-electron chi connectivity index (χ4n) is 3.28. The minimum Gasteiger partial charge on any atom is -0.493 e. The zero-order valence-electron chi connectivity index (χ0n) is 19.1. The largest absolute Gasteiger partial charge is 0.493 e. The van der Waals surface area contributed by atoms with Gasteiger partial charge in [0, 0.05) is 21.2 Å². The molecule has 0 fully saturated rings. The number of nitrogens with one attached hydrogen (secondary N) is 1. The Bertz CT molecular complexity index is 1380. The number of nitriles is 1. The standard InChI is InChI=1S/C27H20Cl4N2O3/c1-3-5-17-10-16(11-19(14-32)27(34)33-23-7-4-6-21(29)25(23)31)12-24(35-2)26(17)36-15-18-8-9-20(28)13-22(18)30/h3-4,6-13H,1,5,15H2,2H3,(H,33,34)/b19-11-. The molecule has 184 valence electrons. The number of anilines is 1. The lowest BCUT2D eigenvalue weighted by molar-refractivity contribution is -0.112. The van der Waals surface area contributed by atoms with Crippen LogP contribution < -0.4 is 14.8 Å². The summed E-state index contributed by atoms with van der Waals surface area (Å²) in [4.78, 5) is 12.8. The Balaban J connectivity index is 1.92. The number of carbonyl (C=O) groups excluding carboxylic acids is 1. The van der Waals surface area contributed by atoms with Crippen molar-refractivity contribution in [3.8, 4) is 17.6 Å². The van der Waals surface area contributed by atoms with E-state index in [0.717, 1.165) is 11.1 Å². The molecule has 0 atom stereocenters. The lowest BCUT2D eigenvalue weighted by Crippen LogP contribution is -2.13. The first-order valence-electron chi connectivity index (χ1n) is 10.5. The van der Waals surface area contributed by atoms with Crippen LogP contribution in [0, 0.1) is 11.3 Å². The summed E-state index contributed by atoms with van der Waals surface area (Å²) in [5.74, 6) is 0.277. The van der Waals surface area contributed by atoms with Gasteiger partial charge >= 0.3 is 0 Å². The average Bonchev–Trinajstić information content (AvgIpc) is 2.85. The van der Waals surface area contributed by atoms with Crippen LogP contribution in [0.15, 0.2) is 66.8 Å². The second-order valence-corrected chi connectivity index (χ2v) is 9.08. The molecule has 0 bridgehead atoms. The van der Waals surface area contributed by atoms with Gasteiger partial charge in [0.05, 0.1) is 22.8 Å². The van der Waals surface area contributed by atoms with Crippen molar-refractivity contribution in [2.75, 3.05) is 12.4 Å². The summed E-state index contributed by atoms with van der Waals surface area (Å²) in [5.41, 5.74) is 2.21. The topological polar surface area (TPSA) is 71.4 Å². The highest BCUT2D eigenvalue weighted by Gasteiger charge is 2.16. The van der Waals surface area contributed by atoms with Gasteiger partial charge in [-0.1, -0.05) is 64.6 Å². The Hall–Kier alpha value is -3.14. The average molecular weight is 562 g/mol. The first-order valence-corrected chi connectivity index (χ1v) is 12.0. The minimum absolute atomic E-state index is 0.140. The summed E-state index contributed by atoms with van der Waals surface area (Å²) in [5, 5.41) is 13.7. The van der Waals surface area contributed by atoms with Crippen LogP contribution in [0.3, 0.4) is 0 Å². The van der Waals surface area contributed by atoms with Gasteiger partial charge in [-0.25, -0.2) is 0 Å². The van der Waals surface area contributed by atoms with E-state index in [1.165, 1.54) is 13.2 Å².